The van der Waals surface area contributed by atoms with Crippen LogP contribution in [0.3, 0.4) is 0 Å². The molecule has 2 fully saturated rings. The van der Waals surface area contributed by atoms with E-state index >= 15 is 0 Å². The van der Waals surface area contributed by atoms with Gasteiger partial charge in [-0.05, 0) is 56.3 Å². The summed E-state index contributed by atoms with van der Waals surface area (Å²) in [6, 6.07) is -7.49. The van der Waals surface area contributed by atoms with Crippen LogP contribution in [-0.2, 0) is 43.2 Å². The van der Waals surface area contributed by atoms with Crippen molar-refractivity contribution >= 4 is 53.3 Å². The Hall–Kier alpha value is -4.77. The molecule has 0 bridgehead atoms. The molecule has 18 nitrogen and oxygen atoms in total. The van der Waals surface area contributed by atoms with Crippen LogP contribution in [0.1, 0.15) is 118 Å². The summed E-state index contributed by atoms with van der Waals surface area (Å²) in [4.78, 5) is 117. The lowest BCUT2D eigenvalue weighted by Gasteiger charge is -2.31. The molecule has 1 aliphatic carbocycles. The van der Waals surface area contributed by atoms with Crippen molar-refractivity contribution in [1.29, 1.82) is 0 Å². The predicted octanol–water partition coefficient (Wildman–Crippen LogP) is 0.309. The number of likely N-dealkylation sites (tertiary alicyclic amines) is 1. The zero-order chi connectivity index (χ0) is 41.4. The molecule has 18 heteroatoms. The fourth-order valence-corrected chi connectivity index (χ4v) is 7.15. The molecular formula is C37H61N7O11. The SMILES string of the molecule is CC(=O)N[C@@H](CCC(N)=O)C(=O)N[C@@H](CC1CCCCC1)C(=O)N[C@@H](CC(=O)O)C(=O)N[C@@H](CC(C)C)C(=O)N1CCC[C@H]1C(=O)N[C@@H](CC(C)C)C(=O)O. The maximum absolute atomic E-state index is 14.0. The van der Waals surface area contributed by atoms with E-state index in [2.05, 4.69) is 26.6 Å². The number of nitrogens with one attached hydrogen (secondary N) is 5. The molecule has 2 aliphatic rings. The number of aliphatic carboxylic acids is 2. The molecule has 7 amide bonds. The number of carbonyl (C=O) groups excluding carboxylic acids is 7. The van der Waals surface area contributed by atoms with Gasteiger partial charge in [-0.15, -0.1) is 0 Å². The van der Waals surface area contributed by atoms with Crippen LogP contribution >= 0.6 is 0 Å². The molecule has 1 saturated heterocycles. The first-order valence-electron chi connectivity index (χ1n) is 19.3. The van der Waals surface area contributed by atoms with E-state index in [9.17, 15) is 53.4 Å². The van der Waals surface area contributed by atoms with Crippen molar-refractivity contribution in [3.05, 3.63) is 0 Å². The third-order valence-electron chi connectivity index (χ3n) is 9.79. The van der Waals surface area contributed by atoms with Gasteiger partial charge in [0.2, 0.25) is 41.4 Å². The molecule has 0 radical (unpaired) electrons. The second kappa shape index (κ2) is 22.6. The number of carbonyl (C=O) groups is 9. The number of nitrogens with zero attached hydrogens (tertiary/aromatic N) is 1. The summed E-state index contributed by atoms with van der Waals surface area (Å²) >= 11 is 0. The number of primary amides is 1. The number of hydrogen-bond acceptors (Lipinski definition) is 9. The van der Waals surface area contributed by atoms with Gasteiger partial charge in [0, 0.05) is 19.9 Å². The third kappa shape index (κ3) is 16.2. The Bertz CT molecular complexity index is 1400. The summed E-state index contributed by atoms with van der Waals surface area (Å²) in [5, 5.41) is 32.0. The van der Waals surface area contributed by atoms with Gasteiger partial charge in [-0.2, -0.15) is 0 Å². The van der Waals surface area contributed by atoms with Gasteiger partial charge >= 0.3 is 11.9 Å². The van der Waals surface area contributed by atoms with Crippen molar-refractivity contribution in [2.75, 3.05) is 6.54 Å². The first-order valence-corrected chi connectivity index (χ1v) is 19.3. The van der Waals surface area contributed by atoms with E-state index in [-0.39, 0.29) is 62.8 Å². The van der Waals surface area contributed by atoms with E-state index in [4.69, 9.17) is 5.73 Å². The zero-order valence-electron chi connectivity index (χ0n) is 32.7. The summed E-state index contributed by atoms with van der Waals surface area (Å²) < 4.78 is 0. The molecule has 9 N–H and O–H groups in total. The maximum Gasteiger partial charge on any atom is 0.326 e. The maximum atomic E-state index is 14.0. The largest absolute Gasteiger partial charge is 0.481 e. The fraction of sp³-hybridized carbons (Fsp3) is 0.757. The molecule has 2 rings (SSSR count). The van der Waals surface area contributed by atoms with Gasteiger partial charge in [-0.1, -0.05) is 59.8 Å². The molecule has 1 aliphatic heterocycles. The molecule has 55 heavy (non-hydrogen) atoms. The van der Waals surface area contributed by atoms with Crippen LogP contribution in [0.5, 0.6) is 0 Å². The van der Waals surface area contributed by atoms with Crippen LogP contribution in [-0.4, -0.2) is 111 Å². The molecule has 0 aromatic heterocycles. The van der Waals surface area contributed by atoms with Crippen molar-refractivity contribution in [2.24, 2.45) is 23.5 Å². The Kier molecular flexibility index (Phi) is 19.0. The van der Waals surface area contributed by atoms with Crippen LogP contribution in [0.4, 0.5) is 0 Å². The number of rotatable bonds is 22. The molecule has 0 spiro atoms. The average Bonchev–Trinajstić information content (AvgIpc) is 3.58. The first kappa shape index (κ1) is 46.4. The molecule has 0 unspecified atom stereocenters. The van der Waals surface area contributed by atoms with Gasteiger partial charge in [0.15, 0.2) is 0 Å². The lowest BCUT2D eigenvalue weighted by atomic mass is 9.84. The Morgan fingerprint density at radius 3 is 1.76 bits per heavy atom. The summed E-state index contributed by atoms with van der Waals surface area (Å²) in [7, 11) is 0. The number of carboxylic acids is 2. The number of hydrogen-bond donors (Lipinski definition) is 8. The fourth-order valence-electron chi connectivity index (χ4n) is 7.15. The standard InChI is InChI=1S/C37H61N7O11/c1-20(2)16-27(36(53)44-15-9-12-29(44)35(52)43-28(37(54)55)17-21(3)4)42-34(51)26(19-31(47)48)41-33(50)25(18-23-10-7-6-8-11-23)40-32(49)24(39-22(5)45)13-14-30(38)46/h20-21,23-29H,6-19H2,1-5H3,(H2,38,46)(H,39,45)(H,40,49)(H,41,50)(H,42,51)(H,43,52)(H,47,48)(H,54,55)/t24-,25-,26-,27-,28-,29-/m0/s1. The molecular weight excluding hydrogens is 718 g/mol. The van der Waals surface area contributed by atoms with Gasteiger partial charge < -0.3 is 47.4 Å². The van der Waals surface area contributed by atoms with Gasteiger partial charge in [0.25, 0.3) is 0 Å². The highest BCUT2D eigenvalue weighted by Crippen LogP contribution is 2.28. The van der Waals surface area contributed by atoms with Crippen LogP contribution < -0.4 is 32.3 Å². The quantitative estimate of drug-likeness (QED) is 0.0740. The van der Waals surface area contributed by atoms with Crippen LogP contribution in [0.2, 0.25) is 0 Å². The third-order valence-corrected chi connectivity index (χ3v) is 9.79. The minimum Gasteiger partial charge on any atom is -0.481 e. The Morgan fingerprint density at radius 1 is 0.673 bits per heavy atom. The van der Waals surface area contributed by atoms with Crippen molar-refractivity contribution in [3.63, 3.8) is 0 Å². The monoisotopic (exact) mass is 779 g/mol. The van der Waals surface area contributed by atoms with E-state index in [0.717, 1.165) is 32.1 Å². The lowest BCUT2D eigenvalue weighted by molar-refractivity contribution is -0.145. The summed E-state index contributed by atoms with van der Waals surface area (Å²) in [5.41, 5.74) is 5.25. The van der Waals surface area contributed by atoms with Gasteiger partial charge in [-0.25, -0.2) is 4.79 Å². The van der Waals surface area contributed by atoms with E-state index in [1.807, 2.05) is 13.8 Å². The van der Waals surface area contributed by atoms with Crippen molar-refractivity contribution in [2.45, 2.75) is 154 Å². The topological polar surface area (TPSA) is 284 Å². The van der Waals surface area contributed by atoms with E-state index in [1.165, 1.54) is 11.8 Å². The predicted molar refractivity (Wildman–Crippen MR) is 198 cm³/mol. The summed E-state index contributed by atoms with van der Waals surface area (Å²) in [6.07, 6.45) is 4.33. The minimum absolute atomic E-state index is 0.0242. The summed E-state index contributed by atoms with van der Waals surface area (Å²) in [6.45, 7) is 8.59. The Labute approximate surface area is 322 Å². The highest BCUT2D eigenvalue weighted by molar-refractivity contribution is 5.98. The van der Waals surface area contributed by atoms with Gasteiger partial charge in [-0.3, -0.25) is 38.4 Å². The normalized spacial score (nSPS) is 18.7. The second-order valence-corrected chi connectivity index (χ2v) is 15.6. The van der Waals surface area contributed by atoms with Crippen molar-refractivity contribution in [1.82, 2.24) is 31.5 Å². The van der Waals surface area contributed by atoms with Gasteiger partial charge in [0.1, 0.15) is 36.3 Å². The number of nitrogens with two attached hydrogens (primary N) is 1. The molecule has 1 heterocycles. The molecule has 0 aromatic carbocycles. The molecule has 1 saturated carbocycles. The average molecular weight is 780 g/mol. The summed E-state index contributed by atoms with van der Waals surface area (Å²) in [5.74, 6) is -7.88. The van der Waals surface area contributed by atoms with E-state index in [0.29, 0.717) is 6.42 Å². The smallest absolute Gasteiger partial charge is 0.326 e. The molecule has 0 aromatic rings. The van der Waals surface area contributed by atoms with Crippen LogP contribution in [0.25, 0.3) is 0 Å². The number of amides is 7. The van der Waals surface area contributed by atoms with Crippen LogP contribution in [0, 0.1) is 17.8 Å². The van der Waals surface area contributed by atoms with E-state index in [1.54, 1.807) is 13.8 Å². The number of carboxylic acid groups (broad SMARTS) is 2. The van der Waals surface area contributed by atoms with Crippen molar-refractivity contribution in [3.8, 4) is 0 Å². The zero-order valence-corrected chi connectivity index (χ0v) is 32.7. The minimum atomic E-state index is -1.68. The van der Waals surface area contributed by atoms with E-state index < -0.39 is 96.0 Å². The molecule has 6 atom stereocenters. The Morgan fingerprint density at radius 2 is 1.22 bits per heavy atom. The van der Waals surface area contributed by atoms with Crippen LogP contribution in [0.15, 0.2) is 0 Å². The highest BCUT2D eigenvalue weighted by Gasteiger charge is 2.40. The Balaban J connectivity index is 2.32. The second-order valence-electron chi connectivity index (χ2n) is 15.6. The highest BCUT2D eigenvalue weighted by atomic mass is 16.4. The lowest BCUT2D eigenvalue weighted by Crippen LogP contribution is -2.60. The van der Waals surface area contributed by atoms with Gasteiger partial charge in [0.05, 0.1) is 6.42 Å². The first-order chi connectivity index (χ1) is 25.8. The molecule has 310 valence electrons. The van der Waals surface area contributed by atoms with Crippen molar-refractivity contribution < 1.29 is 53.4 Å².